The van der Waals surface area contributed by atoms with Crippen molar-refractivity contribution in [3.63, 3.8) is 0 Å². The van der Waals surface area contributed by atoms with Crippen LogP contribution in [0.3, 0.4) is 0 Å². The molecule has 0 unspecified atom stereocenters. The van der Waals surface area contributed by atoms with Gasteiger partial charge in [-0.05, 0) is 23.8 Å². The number of esters is 1. The van der Waals surface area contributed by atoms with Crippen molar-refractivity contribution in [2.75, 3.05) is 27.4 Å². The molecule has 0 bridgehead atoms. The molecule has 1 amide bonds. The van der Waals surface area contributed by atoms with Gasteiger partial charge in [-0.15, -0.1) is 0 Å². The minimum Gasteiger partial charge on any atom is -0.465 e. The van der Waals surface area contributed by atoms with Crippen LogP contribution in [0.2, 0.25) is 0 Å². The minimum atomic E-state index is -0.382. The van der Waals surface area contributed by atoms with Crippen LogP contribution in [0, 0.1) is 0 Å². The molecule has 1 aromatic carbocycles. The Hall–Kier alpha value is -2.14. The predicted molar refractivity (Wildman–Crippen MR) is 71.7 cm³/mol. The Labute approximate surface area is 112 Å². The fourth-order valence-electron chi connectivity index (χ4n) is 1.36. The number of hydrogen-bond donors (Lipinski definition) is 1. The molecule has 1 rings (SSSR count). The van der Waals surface area contributed by atoms with E-state index in [4.69, 9.17) is 4.74 Å². The van der Waals surface area contributed by atoms with Crippen molar-refractivity contribution < 1.29 is 19.1 Å². The number of nitrogens with one attached hydrogen (secondary N) is 1. The SMILES string of the molecule is COCCNC(=O)/C=C/c1ccc(C(=O)OC)cc1. The van der Waals surface area contributed by atoms with E-state index in [1.807, 2.05) is 0 Å². The molecule has 19 heavy (non-hydrogen) atoms. The molecule has 102 valence electrons. The molecule has 0 fully saturated rings. The summed E-state index contributed by atoms with van der Waals surface area (Å²) < 4.78 is 9.41. The number of amides is 1. The Morgan fingerprint density at radius 2 is 1.89 bits per heavy atom. The van der Waals surface area contributed by atoms with Crippen LogP contribution in [0.5, 0.6) is 0 Å². The zero-order chi connectivity index (χ0) is 14.1. The summed E-state index contributed by atoms with van der Waals surface area (Å²) in [6.07, 6.45) is 3.10. The van der Waals surface area contributed by atoms with E-state index in [9.17, 15) is 9.59 Å². The molecule has 0 saturated carbocycles. The maximum atomic E-state index is 11.4. The number of rotatable bonds is 6. The molecule has 0 spiro atoms. The Balaban J connectivity index is 2.53. The first-order valence-electron chi connectivity index (χ1n) is 5.80. The molecule has 0 saturated heterocycles. The number of ether oxygens (including phenoxy) is 2. The topological polar surface area (TPSA) is 64.6 Å². The molecular weight excluding hydrogens is 246 g/mol. The largest absolute Gasteiger partial charge is 0.465 e. The normalized spacial score (nSPS) is 10.4. The van der Waals surface area contributed by atoms with Gasteiger partial charge in [0.05, 0.1) is 19.3 Å². The van der Waals surface area contributed by atoms with E-state index in [2.05, 4.69) is 10.1 Å². The van der Waals surface area contributed by atoms with E-state index < -0.39 is 0 Å². The van der Waals surface area contributed by atoms with Crippen molar-refractivity contribution >= 4 is 18.0 Å². The Morgan fingerprint density at radius 1 is 1.21 bits per heavy atom. The van der Waals surface area contributed by atoms with Crippen LogP contribution in [0.15, 0.2) is 30.3 Å². The van der Waals surface area contributed by atoms with E-state index in [1.54, 1.807) is 37.5 Å². The predicted octanol–water partition coefficient (Wildman–Crippen LogP) is 1.25. The number of benzene rings is 1. The first kappa shape index (κ1) is 14.9. The molecular formula is C14H17NO4. The summed E-state index contributed by atoms with van der Waals surface area (Å²) in [6, 6.07) is 6.78. The third-order valence-electron chi connectivity index (χ3n) is 2.36. The maximum Gasteiger partial charge on any atom is 0.337 e. The molecule has 0 radical (unpaired) electrons. The molecule has 0 atom stereocenters. The molecule has 0 aliphatic heterocycles. The maximum absolute atomic E-state index is 11.4. The van der Waals surface area contributed by atoms with Crippen molar-refractivity contribution in [1.82, 2.24) is 5.32 Å². The van der Waals surface area contributed by atoms with Gasteiger partial charge in [-0.1, -0.05) is 12.1 Å². The quantitative estimate of drug-likeness (QED) is 0.476. The average Bonchev–Trinajstić information content (AvgIpc) is 2.45. The van der Waals surface area contributed by atoms with Crippen LogP contribution in [0.4, 0.5) is 0 Å². The summed E-state index contributed by atoms with van der Waals surface area (Å²) in [6.45, 7) is 0.953. The summed E-state index contributed by atoms with van der Waals surface area (Å²) in [7, 11) is 2.91. The molecule has 1 N–H and O–H groups in total. The van der Waals surface area contributed by atoms with Crippen molar-refractivity contribution in [1.29, 1.82) is 0 Å². The standard InChI is InChI=1S/C14H17NO4/c1-18-10-9-15-13(16)8-5-11-3-6-12(7-4-11)14(17)19-2/h3-8H,9-10H2,1-2H3,(H,15,16)/b8-5+. The highest BCUT2D eigenvalue weighted by molar-refractivity contribution is 5.92. The van der Waals surface area contributed by atoms with Crippen molar-refractivity contribution in [2.45, 2.75) is 0 Å². The monoisotopic (exact) mass is 263 g/mol. The lowest BCUT2D eigenvalue weighted by molar-refractivity contribution is -0.116. The number of hydrogen-bond acceptors (Lipinski definition) is 4. The van der Waals surface area contributed by atoms with Gasteiger partial charge in [0, 0.05) is 19.7 Å². The second kappa shape index (κ2) is 8.05. The van der Waals surface area contributed by atoms with Crippen LogP contribution in [-0.4, -0.2) is 39.2 Å². The molecule has 0 heterocycles. The van der Waals surface area contributed by atoms with Crippen LogP contribution in [0.1, 0.15) is 15.9 Å². The molecule has 5 heteroatoms. The molecule has 1 aromatic rings. The molecule has 0 aliphatic rings. The van der Waals surface area contributed by atoms with Crippen LogP contribution in [-0.2, 0) is 14.3 Å². The lowest BCUT2D eigenvalue weighted by atomic mass is 10.1. The zero-order valence-electron chi connectivity index (χ0n) is 11.0. The summed E-state index contributed by atoms with van der Waals surface area (Å²) in [4.78, 5) is 22.6. The van der Waals surface area contributed by atoms with Gasteiger partial charge in [-0.25, -0.2) is 4.79 Å². The van der Waals surface area contributed by atoms with Crippen molar-refractivity contribution in [3.8, 4) is 0 Å². The Morgan fingerprint density at radius 3 is 2.47 bits per heavy atom. The van der Waals surface area contributed by atoms with E-state index in [0.29, 0.717) is 18.7 Å². The highest BCUT2D eigenvalue weighted by atomic mass is 16.5. The molecule has 5 nitrogen and oxygen atoms in total. The van der Waals surface area contributed by atoms with E-state index in [-0.39, 0.29) is 11.9 Å². The van der Waals surface area contributed by atoms with Crippen molar-refractivity contribution in [2.24, 2.45) is 0 Å². The van der Waals surface area contributed by atoms with Crippen molar-refractivity contribution in [3.05, 3.63) is 41.5 Å². The summed E-state index contributed by atoms with van der Waals surface area (Å²) >= 11 is 0. The lowest BCUT2D eigenvalue weighted by Crippen LogP contribution is -2.24. The smallest absolute Gasteiger partial charge is 0.337 e. The van der Waals surface area contributed by atoms with E-state index in [0.717, 1.165) is 5.56 Å². The third-order valence-corrected chi connectivity index (χ3v) is 2.36. The molecule has 0 aliphatic carbocycles. The summed E-state index contributed by atoms with van der Waals surface area (Å²) in [5.74, 6) is -0.568. The van der Waals surface area contributed by atoms with Gasteiger partial charge < -0.3 is 14.8 Å². The van der Waals surface area contributed by atoms with Crippen LogP contribution in [0.25, 0.3) is 6.08 Å². The molecule has 0 aromatic heterocycles. The summed E-state index contributed by atoms with van der Waals surface area (Å²) in [5, 5.41) is 2.67. The first-order valence-corrected chi connectivity index (χ1v) is 5.80. The van der Waals surface area contributed by atoms with Gasteiger partial charge >= 0.3 is 5.97 Å². The van der Waals surface area contributed by atoms with Gasteiger partial charge in [0.1, 0.15) is 0 Å². The Kier molecular flexibility index (Phi) is 6.32. The Bertz CT molecular complexity index is 451. The van der Waals surface area contributed by atoms with Gasteiger partial charge in [0.15, 0.2) is 0 Å². The van der Waals surface area contributed by atoms with Crippen LogP contribution < -0.4 is 5.32 Å². The fraction of sp³-hybridized carbons (Fsp3) is 0.286. The zero-order valence-corrected chi connectivity index (χ0v) is 11.0. The minimum absolute atomic E-state index is 0.186. The fourth-order valence-corrected chi connectivity index (χ4v) is 1.36. The number of carbonyl (C=O) groups excluding carboxylic acids is 2. The lowest BCUT2D eigenvalue weighted by Gasteiger charge is -2.01. The first-order chi connectivity index (χ1) is 9.17. The number of carbonyl (C=O) groups is 2. The number of methoxy groups -OCH3 is 2. The van der Waals surface area contributed by atoms with Gasteiger partial charge in [-0.2, -0.15) is 0 Å². The van der Waals surface area contributed by atoms with E-state index in [1.165, 1.54) is 13.2 Å². The second-order valence-electron chi connectivity index (χ2n) is 3.73. The highest BCUT2D eigenvalue weighted by Gasteiger charge is 2.03. The second-order valence-corrected chi connectivity index (χ2v) is 3.73. The summed E-state index contributed by atoms with van der Waals surface area (Å²) in [5.41, 5.74) is 1.30. The average molecular weight is 263 g/mol. The van der Waals surface area contributed by atoms with E-state index >= 15 is 0 Å². The van der Waals surface area contributed by atoms with Gasteiger partial charge in [0.25, 0.3) is 0 Å². The van der Waals surface area contributed by atoms with Crippen LogP contribution >= 0.6 is 0 Å². The van der Waals surface area contributed by atoms with Gasteiger partial charge in [0.2, 0.25) is 5.91 Å². The highest BCUT2D eigenvalue weighted by Crippen LogP contribution is 2.07. The third kappa shape index (κ3) is 5.35. The van der Waals surface area contributed by atoms with Gasteiger partial charge in [-0.3, -0.25) is 4.79 Å².